The van der Waals surface area contributed by atoms with E-state index in [1.807, 2.05) is 13.0 Å². The molecular formula is C18H19ClFN3O. The highest BCUT2D eigenvalue weighted by atomic mass is 35.5. The minimum absolute atomic E-state index is 0.0321. The molecule has 4 nitrogen and oxygen atoms in total. The lowest BCUT2D eigenvalue weighted by Gasteiger charge is -2.24. The van der Waals surface area contributed by atoms with Gasteiger partial charge in [0.1, 0.15) is 5.82 Å². The third-order valence-electron chi connectivity index (χ3n) is 4.28. The maximum Gasteiger partial charge on any atom is 0.253 e. The fourth-order valence-corrected chi connectivity index (χ4v) is 3.24. The van der Waals surface area contributed by atoms with Crippen LogP contribution in [0, 0.1) is 5.82 Å². The molecule has 1 amide bonds. The molecule has 0 saturated carbocycles. The smallest absolute Gasteiger partial charge is 0.253 e. The van der Waals surface area contributed by atoms with Crippen molar-refractivity contribution >= 4 is 17.5 Å². The fraction of sp³-hybridized carbons (Fsp3) is 0.278. The van der Waals surface area contributed by atoms with Crippen LogP contribution in [0.15, 0.2) is 48.5 Å². The summed E-state index contributed by atoms with van der Waals surface area (Å²) in [5, 5.41) is 3.44. The first-order chi connectivity index (χ1) is 11.6. The minimum Gasteiger partial charge on any atom is -0.346 e. The zero-order chi connectivity index (χ0) is 17.1. The van der Waals surface area contributed by atoms with Gasteiger partial charge in [-0.1, -0.05) is 42.8 Å². The minimum atomic E-state index is -0.301. The number of amides is 1. The van der Waals surface area contributed by atoms with Gasteiger partial charge in [0.05, 0.1) is 22.7 Å². The lowest BCUT2D eigenvalue weighted by Crippen LogP contribution is -2.45. The number of halogens is 2. The van der Waals surface area contributed by atoms with Crippen LogP contribution in [-0.4, -0.2) is 18.0 Å². The molecule has 24 heavy (non-hydrogen) atoms. The van der Waals surface area contributed by atoms with Crippen molar-refractivity contribution in [3.63, 3.8) is 0 Å². The summed E-state index contributed by atoms with van der Waals surface area (Å²) >= 11 is 6.11. The van der Waals surface area contributed by atoms with Gasteiger partial charge in [0.2, 0.25) is 0 Å². The Bertz CT molecular complexity index is 740. The number of benzene rings is 2. The van der Waals surface area contributed by atoms with E-state index in [0.717, 1.165) is 12.0 Å². The first kappa shape index (κ1) is 16.9. The van der Waals surface area contributed by atoms with Gasteiger partial charge in [-0.2, -0.15) is 0 Å². The standard InChI is InChI=1S/C18H19ClFN3O/c1-2-15-17(21-18(24)13-8-3-4-9-14(13)19)16(23-22-15)11-6-5-7-12(20)10-11/h3-10,15-17,22-23H,2H2,1H3,(H,21,24). The summed E-state index contributed by atoms with van der Waals surface area (Å²) < 4.78 is 13.6. The van der Waals surface area contributed by atoms with Crippen LogP contribution in [-0.2, 0) is 0 Å². The summed E-state index contributed by atoms with van der Waals surface area (Å²) in [5.74, 6) is -0.540. The van der Waals surface area contributed by atoms with E-state index >= 15 is 0 Å². The van der Waals surface area contributed by atoms with E-state index < -0.39 is 0 Å². The molecule has 0 radical (unpaired) electrons. The van der Waals surface area contributed by atoms with Crippen LogP contribution < -0.4 is 16.2 Å². The van der Waals surface area contributed by atoms with Crippen LogP contribution in [0.3, 0.4) is 0 Å². The molecule has 126 valence electrons. The normalized spacial score (nSPS) is 23.2. The Morgan fingerprint density at radius 3 is 2.71 bits per heavy atom. The van der Waals surface area contributed by atoms with Gasteiger partial charge in [-0.05, 0) is 36.2 Å². The van der Waals surface area contributed by atoms with E-state index in [4.69, 9.17) is 11.6 Å². The highest BCUT2D eigenvalue weighted by molar-refractivity contribution is 6.33. The van der Waals surface area contributed by atoms with Crippen LogP contribution in [0.4, 0.5) is 4.39 Å². The Kier molecular flexibility index (Phi) is 5.14. The number of hydrogen-bond acceptors (Lipinski definition) is 3. The molecule has 6 heteroatoms. The topological polar surface area (TPSA) is 53.2 Å². The third-order valence-corrected chi connectivity index (χ3v) is 4.61. The molecule has 1 aliphatic rings. The van der Waals surface area contributed by atoms with Crippen molar-refractivity contribution in [3.8, 4) is 0 Å². The number of hydrazine groups is 1. The predicted molar refractivity (Wildman–Crippen MR) is 92.2 cm³/mol. The quantitative estimate of drug-likeness (QED) is 0.796. The first-order valence-electron chi connectivity index (χ1n) is 7.92. The molecule has 1 aliphatic heterocycles. The number of nitrogens with one attached hydrogen (secondary N) is 3. The summed E-state index contributed by atoms with van der Waals surface area (Å²) in [6.07, 6.45) is 0.812. The number of rotatable bonds is 4. The average molecular weight is 348 g/mol. The van der Waals surface area contributed by atoms with Crippen LogP contribution in [0.5, 0.6) is 0 Å². The third kappa shape index (κ3) is 3.43. The van der Waals surface area contributed by atoms with Crippen molar-refractivity contribution in [2.75, 3.05) is 0 Å². The lowest BCUT2D eigenvalue weighted by atomic mass is 9.94. The van der Waals surface area contributed by atoms with Crippen molar-refractivity contribution in [2.45, 2.75) is 31.5 Å². The van der Waals surface area contributed by atoms with Crippen LogP contribution >= 0.6 is 11.6 Å². The van der Waals surface area contributed by atoms with Crippen LogP contribution in [0.2, 0.25) is 5.02 Å². The van der Waals surface area contributed by atoms with Gasteiger partial charge in [0, 0.05) is 6.04 Å². The highest BCUT2D eigenvalue weighted by Crippen LogP contribution is 2.26. The van der Waals surface area contributed by atoms with E-state index in [1.54, 1.807) is 30.3 Å². The monoisotopic (exact) mass is 347 g/mol. The number of hydrogen-bond donors (Lipinski definition) is 3. The summed E-state index contributed by atoms with van der Waals surface area (Å²) in [7, 11) is 0. The predicted octanol–water partition coefficient (Wildman–Crippen LogP) is 3.21. The van der Waals surface area contributed by atoms with Gasteiger partial charge in [-0.25, -0.2) is 9.82 Å². The first-order valence-corrected chi connectivity index (χ1v) is 8.30. The zero-order valence-electron chi connectivity index (χ0n) is 13.2. The van der Waals surface area contributed by atoms with Crippen LogP contribution in [0.25, 0.3) is 0 Å². The Labute approximate surface area is 145 Å². The molecule has 3 rings (SSSR count). The van der Waals surface area contributed by atoms with Crippen molar-refractivity contribution in [1.82, 2.24) is 16.2 Å². The van der Waals surface area contributed by atoms with Crippen molar-refractivity contribution in [2.24, 2.45) is 0 Å². The second kappa shape index (κ2) is 7.30. The SMILES string of the molecule is CCC1NNC(c2cccc(F)c2)C1NC(=O)c1ccccc1Cl. The van der Waals surface area contributed by atoms with Gasteiger partial charge in [0.25, 0.3) is 5.91 Å². The van der Waals surface area contributed by atoms with Gasteiger partial charge in [-0.3, -0.25) is 10.2 Å². The Morgan fingerprint density at radius 1 is 1.21 bits per heavy atom. The van der Waals surface area contributed by atoms with E-state index in [1.165, 1.54) is 12.1 Å². The summed E-state index contributed by atoms with van der Waals surface area (Å²) in [6.45, 7) is 2.03. The largest absolute Gasteiger partial charge is 0.346 e. The van der Waals surface area contributed by atoms with Crippen molar-refractivity contribution in [1.29, 1.82) is 0 Å². The van der Waals surface area contributed by atoms with Gasteiger partial charge in [-0.15, -0.1) is 0 Å². The van der Waals surface area contributed by atoms with E-state index in [-0.39, 0.29) is 29.8 Å². The molecule has 2 aromatic rings. The molecule has 0 bridgehead atoms. The van der Waals surface area contributed by atoms with Gasteiger partial charge >= 0.3 is 0 Å². The van der Waals surface area contributed by atoms with Gasteiger partial charge < -0.3 is 5.32 Å². The second-order valence-corrected chi connectivity index (χ2v) is 6.22. The maximum absolute atomic E-state index is 13.6. The average Bonchev–Trinajstić information content (AvgIpc) is 2.97. The van der Waals surface area contributed by atoms with Crippen LogP contribution in [0.1, 0.15) is 35.3 Å². The summed E-state index contributed by atoms with van der Waals surface area (Å²) in [6, 6.07) is 12.9. The highest BCUT2D eigenvalue weighted by Gasteiger charge is 2.37. The Morgan fingerprint density at radius 2 is 2.00 bits per heavy atom. The Balaban J connectivity index is 1.85. The number of carbonyl (C=O) groups excluding carboxylic acids is 1. The maximum atomic E-state index is 13.6. The van der Waals surface area contributed by atoms with Gasteiger partial charge in [0.15, 0.2) is 0 Å². The molecule has 0 aliphatic carbocycles. The molecule has 3 unspecified atom stereocenters. The molecule has 3 N–H and O–H groups in total. The lowest BCUT2D eigenvalue weighted by molar-refractivity contribution is 0.0929. The molecule has 2 aromatic carbocycles. The molecule has 1 saturated heterocycles. The van der Waals surface area contributed by atoms with Crippen molar-refractivity contribution in [3.05, 3.63) is 70.5 Å². The molecule has 1 fully saturated rings. The van der Waals surface area contributed by atoms with E-state index in [2.05, 4.69) is 16.2 Å². The molecule has 1 heterocycles. The number of carbonyl (C=O) groups is 1. The summed E-state index contributed by atoms with van der Waals surface area (Å²) in [5.41, 5.74) is 7.54. The Hall–Kier alpha value is -1.95. The molecule has 0 aromatic heterocycles. The fourth-order valence-electron chi connectivity index (χ4n) is 3.01. The summed E-state index contributed by atoms with van der Waals surface area (Å²) in [4.78, 5) is 12.6. The van der Waals surface area contributed by atoms with E-state index in [9.17, 15) is 9.18 Å². The molecular weight excluding hydrogens is 329 g/mol. The zero-order valence-corrected chi connectivity index (χ0v) is 14.0. The van der Waals surface area contributed by atoms with E-state index in [0.29, 0.717) is 10.6 Å². The second-order valence-electron chi connectivity index (χ2n) is 5.82. The molecule has 3 atom stereocenters. The van der Waals surface area contributed by atoms with Crippen molar-refractivity contribution < 1.29 is 9.18 Å². The molecule has 0 spiro atoms.